The molecular weight excluding hydrogens is 274 g/mol. The van der Waals surface area contributed by atoms with Crippen LogP contribution < -0.4 is 5.73 Å². The van der Waals surface area contributed by atoms with Gasteiger partial charge in [0.25, 0.3) is 0 Å². The molecule has 1 saturated carbocycles. The summed E-state index contributed by atoms with van der Waals surface area (Å²) >= 11 is 6.28. The van der Waals surface area contributed by atoms with Gasteiger partial charge in [-0.25, -0.2) is 4.68 Å². The van der Waals surface area contributed by atoms with Crippen molar-refractivity contribution in [3.05, 3.63) is 23.2 Å². The zero-order valence-electron chi connectivity index (χ0n) is 11.5. The molecule has 1 fully saturated rings. The van der Waals surface area contributed by atoms with Crippen LogP contribution in [-0.2, 0) is 0 Å². The van der Waals surface area contributed by atoms with Crippen molar-refractivity contribution in [2.45, 2.75) is 38.6 Å². The van der Waals surface area contributed by atoms with Crippen LogP contribution in [0.2, 0.25) is 5.02 Å². The van der Waals surface area contributed by atoms with Crippen molar-refractivity contribution in [3.8, 4) is 11.4 Å². The highest BCUT2D eigenvalue weighted by molar-refractivity contribution is 6.33. The highest BCUT2D eigenvalue weighted by atomic mass is 35.5. The first-order valence-corrected chi connectivity index (χ1v) is 7.38. The largest absolute Gasteiger partial charge is 0.398 e. The Kier molecular flexibility index (Phi) is 3.61. The van der Waals surface area contributed by atoms with E-state index < -0.39 is 0 Å². The number of hydrogen-bond donors (Lipinski definition) is 1. The fourth-order valence-corrected chi connectivity index (χ4v) is 3.28. The molecule has 2 atom stereocenters. The van der Waals surface area contributed by atoms with E-state index in [-0.39, 0.29) is 0 Å². The number of hydrogen-bond acceptors (Lipinski definition) is 4. The minimum atomic E-state index is 0.324. The van der Waals surface area contributed by atoms with Crippen molar-refractivity contribution < 1.29 is 0 Å². The fourth-order valence-electron chi connectivity index (χ4n) is 3.02. The van der Waals surface area contributed by atoms with Crippen LogP contribution in [0.4, 0.5) is 5.69 Å². The van der Waals surface area contributed by atoms with E-state index in [1.54, 1.807) is 0 Å². The van der Waals surface area contributed by atoms with E-state index >= 15 is 0 Å². The summed E-state index contributed by atoms with van der Waals surface area (Å²) in [5.41, 5.74) is 7.39. The van der Waals surface area contributed by atoms with Gasteiger partial charge in [-0.15, -0.1) is 5.10 Å². The average molecular weight is 292 g/mol. The van der Waals surface area contributed by atoms with Crippen molar-refractivity contribution in [2.24, 2.45) is 5.92 Å². The first kappa shape index (κ1) is 13.4. The van der Waals surface area contributed by atoms with Crippen molar-refractivity contribution in [1.29, 1.82) is 0 Å². The van der Waals surface area contributed by atoms with E-state index in [0.29, 0.717) is 28.5 Å². The highest BCUT2D eigenvalue weighted by Crippen LogP contribution is 2.38. The maximum atomic E-state index is 6.28. The van der Waals surface area contributed by atoms with Crippen molar-refractivity contribution in [2.75, 3.05) is 5.73 Å². The number of nitrogens with two attached hydrogens (primary N) is 1. The Hall–Kier alpha value is -1.62. The van der Waals surface area contributed by atoms with Crippen LogP contribution >= 0.6 is 11.6 Å². The van der Waals surface area contributed by atoms with E-state index in [1.807, 2.05) is 22.9 Å². The average Bonchev–Trinajstić information content (AvgIpc) is 2.88. The van der Waals surface area contributed by atoms with E-state index in [4.69, 9.17) is 17.3 Å². The Morgan fingerprint density at radius 3 is 2.85 bits per heavy atom. The quantitative estimate of drug-likeness (QED) is 0.862. The monoisotopic (exact) mass is 291 g/mol. The second kappa shape index (κ2) is 5.40. The van der Waals surface area contributed by atoms with E-state index in [1.165, 1.54) is 19.3 Å². The van der Waals surface area contributed by atoms with Gasteiger partial charge in [0.05, 0.1) is 16.6 Å². The molecule has 1 heterocycles. The zero-order valence-corrected chi connectivity index (χ0v) is 12.2. The van der Waals surface area contributed by atoms with Crippen LogP contribution in [0.3, 0.4) is 0 Å². The number of nitrogen functional groups attached to an aromatic ring is 1. The summed E-state index contributed by atoms with van der Waals surface area (Å²) in [6, 6.07) is 5.80. The lowest BCUT2D eigenvalue weighted by molar-refractivity contribution is 0.239. The molecule has 0 amide bonds. The highest BCUT2D eigenvalue weighted by Gasteiger charge is 2.27. The first-order valence-electron chi connectivity index (χ1n) is 7.00. The van der Waals surface area contributed by atoms with Crippen LogP contribution in [-0.4, -0.2) is 20.2 Å². The maximum absolute atomic E-state index is 6.28. The predicted molar refractivity (Wildman–Crippen MR) is 79.3 cm³/mol. The van der Waals surface area contributed by atoms with Gasteiger partial charge in [-0.3, -0.25) is 0 Å². The number of halogens is 1. The summed E-state index contributed by atoms with van der Waals surface area (Å²) in [7, 11) is 0. The summed E-state index contributed by atoms with van der Waals surface area (Å²) in [5.74, 6) is 1.24. The molecule has 0 bridgehead atoms. The lowest BCUT2D eigenvalue weighted by atomic mass is 9.86. The van der Waals surface area contributed by atoms with Gasteiger partial charge in [0, 0.05) is 5.69 Å². The third-order valence-electron chi connectivity index (χ3n) is 4.14. The molecule has 20 heavy (non-hydrogen) atoms. The standard InChI is InChI=1S/C14H18ClN5/c1-9-5-2-3-8-12(9)20-14(17-18-19-20)13-10(15)6-4-7-11(13)16/h4,6-7,9,12H,2-3,5,8,16H2,1H3. The van der Waals surface area contributed by atoms with Crippen LogP contribution in [0.25, 0.3) is 11.4 Å². The lowest BCUT2D eigenvalue weighted by Crippen LogP contribution is -2.23. The van der Waals surface area contributed by atoms with Gasteiger partial charge in [-0.1, -0.05) is 37.4 Å². The maximum Gasteiger partial charge on any atom is 0.185 e. The normalized spacial score (nSPS) is 22.9. The van der Waals surface area contributed by atoms with Gasteiger partial charge < -0.3 is 5.73 Å². The topological polar surface area (TPSA) is 69.6 Å². The first-order chi connectivity index (χ1) is 9.68. The van der Waals surface area contributed by atoms with Crippen LogP contribution in [0.1, 0.15) is 38.6 Å². The molecule has 106 valence electrons. The third kappa shape index (κ3) is 2.26. The number of nitrogens with zero attached hydrogens (tertiary/aromatic N) is 4. The Balaban J connectivity index is 2.06. The molecule has 6 heteroatoms. The second-order valence-electron chi connectivity index (χ2n) is 5.48. The van der Waals surface area contributed by atoms with Gasteiger partial charge in [0.2, 0.25) is 0 Å². The Morgan fingerprint density at radius 1 is 1.30 bits per heavy atom. The SMILES string of the molecule is CC1CCCCC1n1nnnc1-c1c(N)cccc1Cl. The molecule has 0 aliphatic heterocycles. The van der Waals surface area contributed by atoms with Crippen LogP contribution in [0.5, 0.6) is 0 Å². The van der Waals surface area contributed by atoms with Crippen molar-refractivity contribution in [1.82, 2.24) is 20.2 Å². The molecule has 0 radical (unpaired) electrons. The number of aromatic nitrogens is 4. The summed E-state index contributed by atoms with van der Waals surface area (Å²) in [5, 5.41) is 12.8. The van der Waals surface area contributed by atoms with Gasteiger partial charge in [0.1, 0.15) is 0 Å². The number of tetrazole rings is 1. The van der Waals surface area contributed by atoms with Gasteiger partial charge in [0.15, 0.2) is 5.82 Å². The molecule has 1 aliphatic rings. The summed E-state index contributed by atoms with van der Waals surface area (Å²) in [6.45, 7) is 2.26. The van der Waals surface area contributed by atoms with Gasteiger partial charge in [-0.05, 0) is 41.3 Å². The number of rotatable bonds is 2. The fraction of sp³-hybridized carbons (Fsp3) is 0.500. The van der Waals surface area contributed by atoms with E-state index in [0.717, 1.165) is 12.0 Å². The molecule has 1 aromatic carbocycles. The second-order valence-corrected chi connectivity index (χ2v) is 5.89. The summed E-state index contributed by atoms with van der Waals surface area (Å²) < 4.78 is 1.90. The lowest BCUT2D eigenvalue weighted by Gasteiger charge is -2.29. The van der Waals surface area contributed by atoms with E-state index in [9.17, 15) is 0 Å². The summed E-state index contributed by atoms with van der Waals surface area (Å²) in [6.07, 6.45) is 4.81. The molecule has 5 nitrogen and oxygen atoms in total. The van der Waals surface area contributed by atoms with Crippen LogP contribution in [0.15, 0.2) is 18.2 Å². The molecule has 1 aliphatic carbocycles. The molecule has 0 spiro atoms. The summed E-state index contributed by atoms with van der Waals surface area (Å²) in [4.78, 5) is 0. The molecule has 3 rings (SSSR count). The number of anilines is 1. The zero-order chi connectivity index (χ0) is 14.1. The minimum absolute atomic E-state index is 0.324. The molecule has 2 aromatic rings. The molecular formula is C14H18ClN5. The molecule has 2 N–H and O–H groups in total. The van der Waals surface area contributed by atoms with Crippen LogP contribution in [0, 0.1) is 5.92 Å². The smallest absolute Gasteiger partial charge is 0.185 e. The Bertz CT molecular complexity index is 589. The minimum Gasteiger partial charge on any atom is -0.398 e. The molecule has 1 aromatic heterocycles. The third-order valence-corrected chi connectivity index (χ3v) is 4.46. The molecule has 0 saturated heterocycles. The molecule has 2 unspecified atom stereocenters. The number of benzene rings is 1. The van der Waals surface area contributed by atoms with Crippen molar-refractivity contribution >= 4 is 17.3 Å². The Labute approximate surface area is 123 Å². The van der Waals surface area contributed by atoms with Crippen molar-refractivity contribution in [3.63, 3.8) is 0 Å². The van der Waals surface area contributed by atoms with Gasteiger partial charge >= 0.3 is 0 Å². The van der Waals surface area contributed by atoms with Gasteiger partial charge in [-0.2, -0.15) is 0 Å². The van der Waals surface area contributed by atoms with E-state index in [2.05, 4.69) is 22.4 Å². The Morgan fingerprint density at radius 2 is 2.10 bits per heavy atom. The predicted octanol–water partition coefficient (Wildman–Crippen LogP) is 3.33.